The average molecular weight is 352 g/mol. The Hall–Kier alpha value is -1.69. The minimum absolute atomic E-state index is 0.172. The number of aromatic nitrogens is 2. The Morgan fingerprint density at radius 2 is 2.14 bits per heavy atom. The van der Waals surface area contributed by atoms with Crippen LogP contribution in [0.3, 0.4) is 0 Å². The summed E-state index contributed by atoms with van der Waals surface area (Å²) in [6, 6.07) is 7.57. The normalized spacial score (nSPS) is 10.9. The topological polar surface area (TPSA) is 54.9 Å². The molecule has 0 atom stereocenters. The van der Waals surface area contributed by atoms with Crippen molar-refractivity contribution in [2.45, 2.75) is 13.3 Å². The van der Waals surface area contributed by atoms with Gasteiger partial charge in [-0.15, -0.1) is 0 Å². The molecule has 112 valence electrons. The van der Waals surface area contributed by atoms with Crippen LogP contribution in [0.1, 0.15) is 22.8 Å². The summed E-state index contributed by atoms with van der Waals surface area (Å²) in [4.78, 5) is 20.5. The van der Waals surface area contributed by atoms with Crippen LogP contribution in [0.25, 0.3) is 10.2 Å². The van der Waals surface area contributed by atoms with Gasteiger partial charge >= 0.3 is 0 Å². The molecule has 2 heterocycles. The number of thiazole rings is 1. The first-order valence-electron chi connectivity index (χ1n) is 6.58. The van der Waals surface area contributed by atoms with Crippen molar-refractivity contribution >= 4 is 55.8 Å². The van der Waals surface area contributed by atoms with Crippen molar-refractivity contribution in [1.29, 1.82) is 0 Å². The zero-order valence-electron chi connectivity index (χ0n) is 11.6. The van der Waals surface area contributed by atoms with Crippen molar-refractivity contribution in [3.05, 3.63) is 51.8 Å². The molecule has 0 fully saturated rings. The van der Waals surface area contributed by atoms with Gasteiger partial charge in [-0.2, -0.15) is 0 Å². The van der Waals surface area contributed by atoms with Gasteiger partial charge in [0, 0.05) is 6.20 Å². The van der Waals surface area contributed by atoms with Gasteiger partial charge in [-0.1, -0.05) is 47.5 Å². The summed E-state index contributed by atoms with van der Waals surface area (Å²) in [6.45, 7) is 2.10. The fraction of sp³-hybridized carbons (Fsp3) is 0.133. The van der Waals surface area contributed by atoms with Crippen LogP contribution >= 0.6 is 34.5 Å². The number of carbonyl (C=O) groups is 1. The van der Waals surface area contributed by atoms with Gasteiger partial charge in [0.1, 0.15) is 5.15 Å². The van der Waals surface area contributed by atoms with Gasteiger partial charge in [0.2, 0.25) is 0 Å². The second-order valence-electron chi connectivity index (χ2n) is 4.63. The van der Waals surface area contributed by atoms with Crippen LogP contribution in [0.2, 0.25) is 10.2 Å². The number of aryl methyl sites for hydroxylation is 1. The number of pyridine rings is 1. The monoisotopic (exact) mass is 351 g/mol. The van der Waals surface area contributed by atoms with Crippen LogP contribution in [-0.4, -0.2) is 15.9 Å². The van der Waals surface area contributed by atoms with Gasteiger partial charge < -0.3 is 0 Å². The van der Waals surface area contributed by atoms with Gasteiger partial charge in [0.05, 0.1) is 20.8 Å². The molecule has 1 amide bonds. The van der Waals surface area contributed by atoms with E-state index in [0.29, 0.717) is 10.7 Å². The maximum atomic E-state index is 12.2. The lowest BCUT2D eigenvalue weighted by atomic mass is 10.2. The number of hydrogen-bond donors (Lipinski definition) is 1. The van der Waals surface area contributed by atoms with Crippen molar-refractivity contribution in [2.24, 2.45) is 0 Å². The van der Waals surface area contributed by atoms with E-state index in [9.17, 15) is 4.79 Å². The second-order valence-corrected chi connectivity index (χ2v) is 6.42. The van der Waals surface area contributed by atoms with Gasteiger partial charge in [-0.25, -0.2) is 9.97 Å². The number of fused-ring (bicyclic) bond motifs is 1. The summed E-state index contributed by atoms with van der Waals surface area (Å²) in [5.41, 5.74) is 2.44. The first-order chi connectivity index (χ1) is 10.6. The predicted molar refractivity (Wildman–Crippen MR) is 91.2 cm³/mol. The number of carbonyl (C=O) groups excluding carboxylic acids is 1. The smallest absolute Gasteiger partial charge is 0.259 e. The molecule has 0 radical (unpaired) electrons. The van der Waals surface area contributed by atoms with Crippen molar-refractivity contribution < 1.29 is 4.79 Å². The first kappa shape index (κ1) is 15.2. The number of nitrogens with zero attached hydrogens (tertiary/aromatic N) is 2. The molecule has 3 rings (SSSR count). The number of amides is 1. The summed E-state index contributed by atoms with van der Waals surface area (Å²) in [5.74, 6) is -0.319. The van der Waals surface area contributed by atoms with Crippen LogP contribution in [-0.2, 0) is 6.42 Å². The zero-order chi connectivity index (χ0) is 15.7. The highest BCUT2D eigenvalue weighted by Gasteiger charge is 2.12. The fourth-order valence-corrected chi connectivity index (χ4v) is 3.15. The Labute approximate surface area is 141 Å². The van der Waals surface area contributed by atoms with Gasteiger partial charge in [0.15, 0.2) is 5.13 Å². The molecule has 0 aliphatic heterocycles. The molecule has 0 spiro atoms. The van der Waals surface area contributed by atoms with Crippen LogP contribution in [0, 0.1) is 0 Å². The molecule has 0 saturated heterocycles. The van der Waals surface area contributed by atoms with E-state index in [-0.39, 0.29) is 16.1 Å². The fourth-order valence-electron chi connectivity index (χ4n) is 1.96. The molecule has 0 unspecified atom stereocenters. The zero-order valence-corrected chi connectivity index (χ0v) is 13.9. The van der Waals surface area contributed by atoms with Gasteiger partial charge in [-0.05, 0) is 30.2 Å². The largest absolute Gasteiger partial charge is 0.298 e. The Morgan fingerprint density at radius 1 is 1.32 bits per heavy atom. The summed E-state index contributed by atoms with van der Waals surface area (Å²) in [5, 5.41) is 3.71. The highest BCUT2D eigenvalue weighted by Crippen LogP contribution is 2.27. The van der Waals surface area contributed by atoms with E-state index >= 15 is 0 Å². The lowest BCUT2D eigenvalue weighted by molar-refractivity contribution is 0.102. The van der Waals surface area contributed by atoms with E-state index in [4.69, 9.17) is 23.2 Å². The highest BCUT2D eigenvalue weighted by molar-refractivity contribution is 7.22. The van der Waals surface area contributed by atoms with Crippen molar-refractivity contribution in [3.8, 4) is 0 Å². The molecule has 22 heavy (non-hydrogen) atoms. The summed E-state index contributed by atoms with van der Waals surface area (Å²) in [7, 11) is 0. The lowest BCUT2D eigenvalue weighted by Gasteiger charge is -2.02. The summed E-state index contributed by atoms with van der Waals surface area (Å²) >= 11 is 13.0. The molecule has 1 aromatic carbocycles. The quantitative estimate of drug-likeness (QED) is 0.688. The molecular weight excluding hydrogens is 341 g/mol. The van der Waals surface area contributed by atoms with E-state index in [0.717, 1.165) is 16.6 Å². The number of benzene rings is 1. The molecule has 0 saturated carbocycles. The third kappa shape index (κ3) is 3.06. The number of nitrogens with one attached hydrogen (secondary N) is 1. The number of rotatable bonds is 3. The average Bonchev–Trinajstić information content (AvgIpc) is 2.90. The molecule has 7 heteroatoms. The van der Waals surface area contributed by atoms with E-state index in [1.807, 2.05) is 12.1 Å². The standard InChI is InChI=1S/C15H11Cl2N3OS/c1-2-8-3-4-11-12(5-8)22-15(19-11)20-14(21)9-6-10(16)13(17)18-7-9/h3-7H,2H2,1H3,(H,19,20,21). The summed E-state index contributed by atoms with van der Waals surface area (Å²) < 4.78 is 1.04. The molecule has 3 aromatic rings. The van der Waals surface area contributed by atoms with Gasteiger partial charge in [0.25, 0.3) is 5.91 Å². The Bertz CT molecular complexity index is 863. The van der Waals surface area contributed by atoms with Crippen molar-refractivity contribution in [2.75, 3.05) is 5.32 Å². The van der Waals surface area contributed by atoms with E-state index in [1.54, 1.807) is 0 Å². The van der Waals surface area contributed by atoms with Crippen molar-refractivity contribution in [3.63, 3.8) is 0 Å². The molecule has 2 aromatic heterocycles. The number of hydrogen-bond acceptors (Lipinski definition) is 4. The third-order valence-corrected chi connectivity index (χ3v) is 4.76. The minimum Gasteiger partial charge on any atom is -0.298 e. The number of anilines is 1. The maximum Gasteiger partial charge on any atom is 0.259 e. The van der Waals surface area contributed by atoms with Crippen LogP contribution in [0.15, 0.2) is 30.5 Å². The predicted octanol–water partition coefficient (Wildman–Crippen LogP) is 4.81. The second kappa shape index (κ2) is 6.20. The Balaban J connectivity index is 1.85. The maximum absolute atomic E-state index is 12.2. The number of halogens is 2. The van der Waals surface area contributed by atoms with Gasteiger partial charge in [-0.3, -0.25) is 10.1 Å². The van der Waals surface area contributed by atoms with Crippen molar-refractivity contribution in [1.82, 2.24) is 9.97 Å². The molecule has 0 bridgehead atoms. The molecule has 0 aliphatic carbocycles. The SMILES string of the molecule is CCc1ccc2nc(NC(=O)c3cnc(Cl)c(Cl)c3)sc2c1. The van der Waals surface area contributed by atoms with Crippen LogP contribution in [0.5, 0.6) is 0 Å². The summed E-state index contributed by atoms with van der Waals surface area (Å²) in [6.07, 6.45) is 2.34. The Kier molecular flexibility index (Phi) is 4.29. The Morgan fingerprint density at radius 3 is 2.86 bits per heavy atom. The van der Waals surface area contributed by atoms with E-state index < -0.39 is 0 Å². The van der Waals surface area contributed by atoms with E-state index in [1.165, 1.54) is 29.2 Å². The highest BCUT2D eigenvalue weighted by atomic mass is 35.5. The van der Waals surface area contributed by atoms with E-state index in [2.05, 4.69) is 28.3 Å². The van der Waals surface area contributed by atoms with Crippen LogP contribution in [0.4, 0.5) is 5.13 Å². The molecule has 4 nitrogen and oxygen atoms in total. The van der Waals surface area contributed by atoms with Crippen LogP contribution < -0.4 is 5.32 Å². The lowest BCUT2D eigenvalue weighted by Crippen LogP contribution is -2.12. The minimum atomic E-state index is -0.319. The first-order valence-corrected chi connectivity index (χ1v) is 8.16. The molecular formula is C15H11Cl2N3OS. The molecule has 0 aliphatic rings. The molecule has 1 N–H and O–H groups in total. The third-order valence-electron chi connectivity index (χ3n) is 3.14.